The quantitative estimate of drug-likeness (QED) is 0.661. The van der Waals surface area contributed by atoms with E-state index >= 15 is 0 Å². The molecular weight excluding hydrogens is 260 g/mol. The van der Waals surface area contributed by atoms with Gasteiger partial charge in [-0.05, 0) is 63.8 Å². The van der Waals surface area contributed by atoms with E-state index < -0.39 is 0 Å². The van der Waals surface area contributed by atoms with Crippen LogP contribution in [0.1, 0.15) is 32.3 Å². The van der Waals surface area contributed by atoms with Crippen molar-refractivity contribution in [3.8, 4) is 0 Å². The number of hydrogen-bond acceptors (Lipinski definition) is 2. The molecule has 3 N–H and O–H groups in total. The number of aliphatic imine (C=N–C) groups is 1. The molecule has 0 spiro atoms. The highest BCUT2D eigenvalue weighted by atomic mass is 15.2. The minimum absolute atomic E-state index is 0.516. The normalized spacial score (nSPS) is 20.8. The lowest BCUT2D eigenvalue weighted by atomic mass is 9.97. The lowest BCUT2D eigenvalue weighted by Crippen LogP contribution is -2.41. The summed E-state index contributed by atoms with van der Waals surface area (Å²) in [4.78, 5) is 7.06. The van der Waals surface area contributed by atoms with E-state index in [2.05, 4.69) is 48.1 Å². The van der Waals surface area contributed by atoms with Crippen molar-refractivity contribution in [2.75, 3.05) is 25.0 Å². The van der Waals surface area contributed by atoms with Gasteiger partial charge in [0.25, 0.3) is 0 Å². The van der Waals surface area contributed by atoms with E-state index in [1.165, 1.54) is 24.9 Å². The maximum absolute atomic E-state index is 5.99. The zero-order chi connectivity index (χ0) is 15.2. The summed E-state index contributed by atoms with van der Waals surface area (Å²) in [7, 11) is 0. The predicted molar refractivity (Wildman–Crippen MR) is 90.7 cm³/mol. The summed E-state index contributed by atoms with van der Waals surface area (Å²) in [6.07, 6.45) is 2.52. The highest BCUT2D eigenvalue weighted by molar-refractivity contribution is 5.92. The third kappa shape index (κ3) is 5.05. The van der Waals surface area contributed by atoms with E-state index in [1.807, 2.05) is 12.1 Å². The van der Waals surface area contributed by atoms with Gasteiger partial charge in [0.15, 0.2) is 5.96 Å². The van der Waals surface area contributed by atoms with Crippen LogP contribution >= 0.6 is 0 Å². The molecule has 0 amide bonds. The maximum atomic E-state index is 5.99. The first-order chi connectivity index (χ1) is 10.0. The molecule has 1 aliphatic heterocycles. The second kappa shape index (κ2) is 7.46. The summed E-state index contributed by atoms with van der Waals surface area (Å²) >= 11 is 0. The first-order valence-corrected chi connectivity index (χ1v) is 7.92. The molecule has 1 atom stereocenters. The molecule has 116 valence electrons. The molecule has 0 aromatic heterocycles. The van der Waals surface area contributed by atoms with Crippen LogP contribution in [-0.2, 0) is 0 Å². The van der Waals surface area contributed by atoms with E-state index in [-0.39, 0.29) is 0 Å². The van der Waals surface area contributed by atoms with Crippen molar-refractivity contribution in [1.82, 2.24) is 4.90 Å². The molecule has 1 heterocycles. The SMILES string of the molecule is Cc1cccc(NC(N)=NCC2CCCN(C(C)C)C2)c1. The average molecular weight is 288 g/mol. The molecule has 4 nitrogen and oxygen atoms in total. The van der Waals surface area contributed by atoms with Crippen LogP contribution < -0.4 is 11.1 Å². The topological polar surface area (TPSA) is 53.6 Å². The number of likely N-dealkylation sites (tertiary alicyclic amines) is 1. The Morgan fingerprint density at radius 2 is 2.29 bits per heavy atom. The average Bonchev–Trinajstić information content (AvgIpc) is 2.45. The first kappa shape index (κ1) is 15.8. The fourth-order valence-corrected chi connectivity index (χ4v) is 2.85. The second-order valence-corrected chi connectivity index (χ2v) is 6.32. The number of nitrogens with zero attached hydrogens (tertiary/aromatic N) is 2. The summed E-state index contributed by atoms with van der Waals surface area (Å²) in [5.41, 5.74) is 8.21. The van der Waals surface area contributed by atoms with Crippen molar-refractivity contribution in [3.63, 3.8) is 0 Å². The van der Waals surface area contributed by atoms with Gasteiger partial charge >= 0.3 is 0 Å². The molecule has 21 heavy (non-hydrogen) atoms. The zero-order valence-electron chi connectivity index (χ0n) is 13.5. The Labute approximate surface area is 128 Å². The van der Waals surface area contributed by atoms with Gasteiger partial charge in [0.1, 0.15) is 0 Å². The third-order valence-electron chi connectivity index (χ3n) is 4.09. The summed E-state index contributed by atoms with van der Waals surface area (Å²) in [5, 5.41) is 3.17. The van der Waals surface area contributed by atoms with Crippen molar-refractivity contribution in [1.29, 1.82) is 0 Å². The summed E-state index contributed by atoms with van der Waals surface area (Å²) in [5.74, 6) is 1.14. The molecule has 4 heteroatoms. The van der Waals surface area contributed by atoms with Crippen LogP contribution in [0.2, 0.25) is 0 Å². The molecule has 0 saturated carbocycles. The van der Waals surface area contributed by atoms with Gasteiger partial charge in [-0.15, -0.1) is 0 Å². The highest BCUT2D eigenvalue weighted by Gasteiger charge is 2.21. The van der Waals surface area contributed by atoms with Gasteiger partial charge < -0.3 is 16.0 Å². The molecule has 1 saturated heterocycles. The van der Waals surface area contributed by atoms with Crippen LogP contribution in [0.25, 0.3) is 0 Å². The van der Waals surface area contributed by atoms with Crippen LogP contribution in [0, 0.1) is 12.8 Å². The van der Waals surface area contributed by atoms with Gasteiger partial charge in [-0.25, -0.2) is 0 Å². The van der Waals surface area contributed by atoms with Crippen LogP contribution in [0.3, 0.4) is 0 Å². The molecule has 0 bridgehead atoms. The number of aryl methyl sites for hydroxylation is 1. The van der Waals surface area contributed by atoms with E-state index in [4.69, 9.17) is 5.73 Å². The monoisotopic (exact) mass is 288 g/mol. The molecule has 0 radical (unpaired) electrons. The van der Waals surface area contributed by atoms with Crippen LogP contribution in [0.15, 0.2) is 29.3 Å². The lowest BCUT2D eigenvalue weighted by Gasteiger charge is -2.34. The second-order valence-electron chi connectivity index (χ2n) is 6.32. The van der Waals surface area contributed by atoms with Gasteiger partial charge in [-0.1, -0.05) is 12.1 Å². The summed E-state index contributed by atoms with van der Waals surface area (Å²) in [6.45, 7) is 9.77. The Kier molecular flexibility index (Phi) is 5.62. The minimum atomic E-state index is 0.516. The molecule has 1 unspecified atom stereocenters. The summed E-state index contributed by atoms with van der Waals surface area (Å²) < 4.78 is 0. The van der Waals surface area contributed by atoms with Gasteiger partial charge in [-0.2, -0.15) is 0 Å². The Hall–Kier alpha value is -1.55. The minimum Gasteiger partial charge on any atom is -0.370 e. The summed E-state index contributed by atoms with van der Waals surface area (Å²) in [6, 6.07) is 8.80. The van der Waals surface area contributed by atoms with Crippen LogP contribution in [0.5, 0.6) is 0 Å². The van der Waals surface area contributed by atoms with Crippen molar-refractivity contribution >= 4 is 11.6 Å². The number of guanidine groups is 1. The first-order valence-electron chi connectivity index (χ1n) is 7.92. The van der Waals surface area contributed by atoms with Gasteiger partial charge in [0.2, 0.25) is 0 Å². The maximum Gasteiger partial charge on any atom is 0.193 e. The molecule has 1 aliphatic rings. The van der Waals surface area contributed by atoms with Gasteiger partial charge in [0.05, 0.1) is 0 Å². The number of hydrogen-bond donors (Lipinski definition) is 2. The standard InChI is InChI=1S/C17H28N4/c1-13(2)21-9-5-7-15(12-21)11-19-17(18)20-16-8-4-6-14(3)10-16/h4,6,8,10,13,15H,5,7,9,11-12H2,1-3H3,(H3,18,19,20). The van der Waals surface area contributed by atoms with E-state index in [1.54, 1.807) is 0 Å². The molecular formula is C17H28N4. The predicted octanol–water partition coefficient (Wildman–Crippen LogP) is 2.84. The lowest BCUT2D eigenvalue weighted by molar-refractivity contribution is 0.143. The molecule has 1 fully saturated rings. The number of nitrogens with two attached hydrogens (primary N) is 1. The molecule has 1 aromatic carbocycles. The van der Waals surface area contributed by atoms with Crippen molar-refractivity contribution < 1.29 is 0 Å². The largest absolute Gasteiger partial charge is 0.370 e. The van der Waals surface area contributed by atoms with E-state index in [0.29, 0.717) is 17.9 Å². The smallest absolute Gasteiger partial charge is 0.193 e. The van der Waals surface area contributed by atoms with Crippen molar-refractivity contribution in [3.05, 3.63) is 29.8 Å². The number of nitrogens with one attached hydrogen (secondary N) is 1. The molecule has 2 rings (SSSR count). The van der Waals surface area contributed by atoms with Crippen LogP contribution in [0.4, 0.5) is 5.69 Å². The number of piperidine rings is 1. The number of anilines is 1. The Balaban J connectivity index is 1.85. The Morgan fingerprint density at radius 1 is 1.48 bits per heavy atom. The third-order valence-corrected chi connectivity index (χ3v) is 4.09. The van der Waals surface area contributed by atoms with Gasteiger partial charge in [0, 0.05) is 24.8 Å². The van der Waals surface area contributed by atoms with Crippen molar-refractivity contribution in [2.45, 2.75) is 39.7 Å². The fourth-order valence-electron chi connectivity index (χ4n) is 2.85. The number of benzene rings is 1. The van der Waals surface area contributed by atoms with E-state index in [0.717, 1.165) is 18.8 Å². The zero-order valence-corrected chi connectivity index (χ0v) is 13.5. The number of rotatable bonds is 4. The highest BCUT2D eigenvalue weighted by Crippen LogP contribution is 2.18. The molecule has 1 aromatic rings. The fraction of sp³-hybridized carbons (Fsp3) is 0.588. The Morgan fingerprint density at radius 3 is 3.00 bits per heavy atom. The van der Waals surface area contributed by atoms with Crippen LogP contribution in [-0.4, -0.2) is 36.5 Å². The van der Waals surface area contributed by atoms with Crippen molar-refractivity contribution in [2.24, 2.45) is 16.6 Å². The molecule has 0 aliphatic carbocycles. The van der Waals surface area contributed by atoms with Gasteiger partial charge in [-0.3, -0.25) is 4.99 Å². The van der Waals surface area contributed by atoms with E-state index in [9.17, 15) is 0 Å². The Bertz CT molecular complexity index is 481.